The molecule has 164 valence electrons. The van der Waals surface area contributed by atoms with Gasteiger partial charge in [-0.15, -0.1) is 0 Å². The Bertz CT molecular complexity index is 1400. The number of para-hydroxylation sites is 1. The summed E-state index contributed by atoms with van der Waals surface area (Å²) in [4.78, 5) is 16.4. The Labute approximate surface area is 194 Å². The van der Waals surface area contributed by atoms with Gasteiger partial charge in [-0.2, -0.15) is 0 Å². The summed E-state index contributed by atoms with van der Waals surface area (Å²) >= 11 is 0. The highest BCUT2D eigenvalue weighted by Crippen LogP contribution is 2.33. The molecule has 5 heteroatoms. The summed E-state index contributed by atoms with van der Waals surface area (Å²) in [5.74, 6) is 1.60. The third-order valence-corrected chi connectivity index (χ3v) is 5.80. The summed E-state index contributed by atoms with van der Waals surface area (Å²) in [6.45, 7) is 1.87. The van der Waals surface area contributed by atoms with E-state index in [1.54, 1.807) is 0 Å². The molecule has 2 aromatic heterocycles. The van der Waals surface area contributed by atoms with Crippen molar-refractivity contribution in [1.82, 2.24) is 19.9 Å². The van der Waals surface area contributed by atoms with Crippen molar-refractivity contribution in [3.63, 3.8) is 0 Å². The van der Waals surface area contributed by atoms with E-state index in [-0.39, 0.29) is 0 Å². The van der Waals surface area contributed by atoms with E-state index in [4.69, 9.17) is 9.97 Å². The lowest BCUT2D eigenvalue weighted by atomic mass is 10.0. The molecule has 2 heterocycles. The smallest absolute Gasteiger partial charge is 0.162 e. The molecule has 0 aliphatic heterocycles. The first-order valence-electron chi connectivity index (χ1n) is 11.3. The minimum atomic E-state index is 0.727. The number of anilines is 1. The number of nitrogens with one attached hydrogen (secondary N) is 1. The van der Waals surface area contributed by atoms with Crippen LogP contribution in [-0.4, -0.2) is 47.0 Å². The summed E-state index contributed by atoms with van der Waals surface area (Å²) < 4.78 is 0. The highest BCUT2D eigenvalue weighted by atomic mass is 15.1. The first kappa shape index (κ1) is 21.0. The van der Waals surface area contributed by atoms with Crippen molar-refractivity contribution in [3.05, 3.63) is 85.2 Å². The van der Waals surface area contributed by atoms with E-state index in [9.17, 15) is 0 Å². The van der Waals surface area contributed by atoms with Crippen LogP contribution >= 0.6 is 0 Å². The molecule has 0 fully saturated rings. The summed E-state index contributed by atoms with van der Waals surface area (Å²) in [6.07, 6.45) is 4.67. The number of hydrogen-bond donors (Lipinski definition) is 1. The van der Waals surface area contributed by atoms with Crippen molar-refractivity contribution >= 4 is 27.5 Å². The molecule has 0 spiro atoms. The average Bonchev–Trinajstić information content (AvgIpc) is 2.86. The Hall–Kier alpha value is -3.83. The van der Waals surface area contributed by atoms with Gasteiger partial charge in [-0.1, -0.05) is 48.5 Å². The normalized spacial score (nSPS) is 11.4. The third kappa shape index (κ3) is 4.54. The van der Waals surface area contributed by atoms with Crippen LogP contribution in [0.5, 0.6) is 0 Å². The zero-order chi connectivity index (χ0) is 22.6. The standard InChI is InChI=1S/C28H27N5/c1-33(2)18-6-15-30-28-25-10-5-9-24(21-13-16-29-17-14-21)26(25)31-27(32-28)23-12-11-20-7-3-4-8-22(20)19-23/h3-5,7-14,16-17,19H,6,15,18H2,1-2H3,(H,30,31,32). The Morgan fingerprint density at radius 2 is 1.61 bits per heavy atom. The highest BCUT2D eigenvalue weighted by molar-refractivity contribution is 6.00. The van der Waals surface area contributed by atoms with Gasteiger partial charge in [-0.05, 0) is 67.7 Å². The average molecular weight is 434 g/mol. The number of rotatable bonds is 7. The summed E-state index contributed by atoms with van der Waals surface area (Å²) in [6, 6.07) is 25.1. The second-order valence-corrected chi connectivity index (χ2v) is 8.48. The molecule has 0 unspecified atom stereocenters. The van der Waals surface area contributed by atoms with Gasteiger partial charge < -0.3 is 10.2 Å². The Morgan fingerprint density at radius 1 is 0.788 bits per heavy atom. The minimum absolute atomic E-state index is 0.727. The van der Waals surface area contributed by atoms with Crippen LogP contribution in [0.15, 0.2) is 85.2 Å². The SMILES string of the molecule is CN(C)CCCNc1nc(-c2ccc3ccccc3c2)nc2c(-c3ccncc3)cccc12. The molecule has 0 bridgehead atoms. The monoisotopic (exact) mass is 433 g/mol. The predicted octanol–water partition coefficient (Wildman–Crippen LogP) is 5.88. The minimum Gasteiger partial charge on any atom is -0.369 e. The molecule has 0 saturated carbocycles. The fourth-order valence-corrected chi connectivity index (χ4v) is 4.11. The Morgan fingerprint density at radius 3 is 2.42 bits per heavy atom. The maximum atomic E-state index is 5.07. The largest absolute Gasteiger partial charge is 0.369 e. The van der Waals surface area contributed by atoms with Crippen molar-refractivity contribution < 1.29 is 0 Å². The molecule has 0 aliphatic carbocycles. The van der Waals surface area contributed by atoms with E-state index in [2.05, 4.69) is 90.0 Å². The van der Waals surface area contributed by atoms with Gasteiger partial charge >= 0.3 is 0 Å². The second-order valence-electron chi connectivity index (χ2n) is 8.48. The van der Waals surface area contributed by atoms with Crippen LogP contribution in [-0.2, 0) is 0 Å². The molecule has 0 atom stereocenters. The van der Waals surface area contributed by atoms with Crippen molar-refractivity contribution in [3.8, 4) is 22.5 Å². The lowest BCUT2D eigenvalue weighted by molar-refractivity contribution is 0.405. The Balaban J connectivity index is 1.65. The molecular formula is C28H27N5. The third-order valence-electron chi connectivity index (χ3n) is 5.80. The molecular weight excluding hydrogens is 406 g/mol. The topological polar surface area (TPSA) is 53.9 Å². The molecule has 5 nitrogen and oxygen atoms in total. The number of benzene rings is 3. The molecule has 0 amide bonds. The van der Waals surface area contributed by atoms with Crippen LogP contribution in [0.4, 0.5) is 5.82 Å². The van der Waals surface area contributed by atoms with E-state index in [1.165, 1.54) is 10.8 Å². The maximum absolute atomic E-state index is 5.07. The van der Waals surface area contributed by atoms with E-state index in [1.807, 2.05) is 24.5 Å². The van der Waals surface area contributed by atoms with Crippen LogP contribution in [0.1, 0.15) is 6.42 Å². The van der Waals surface area contributed by atoms with Gasteiger partial charge in [0.1, 0.15) is 5.82 Å². The molecule has 0 saturated heterocycles. The van der Waals surface area contributed by atoms with Gasteiger partial charge in [-0.25, -0.2) is 9.97 Å². The summed E-state index contributed by atoms with van der Waals surface area (Å²) in [5.41, 5.74) is 4.13. The van der Waals surface area contributed by atoms with Gasteiger partial charge in [0.15, 0.2) is 5.82 Å². The fraction of sp³-hybridized carbons (Fsp3) is 0.179. The number of pyridine rings is 1. The van der Waals surface area contributed by atoms with Crippen molar-refractivity contribution in [2.24, 2.45) is 0 Å². The van der Waals surface area contributed by atoms with Crippen LogP contribution in [0.2, 0.25) is 0 Å². The number of hydrogen-bond acceptors (Lipinski definition) is 5. The molecule has 5 rings (SSSR count). The van der Waals surface area contributed by atoms with E-state index >= 15 is 0 Å². The summed E-state index contributed by atoms with van der Waals surface area (Å²) in [5, 5.41) is 7.00. The molecule has 5 aromatic rings. The van der Waals surface area contributed by atoms with Crippen molar-refractivity contribution in [1.29, 1.82) is 0 Å². The zero-order valence-corrected chi connectivity index (χ0v) is 19.0. The fourth-order valence-electron chi connectivity index (χ4n) is 4.11. The molecule has 1 N–H and O–H groups in total. The van der Waals surface area contributed by atoms with Gasteiger partial charge in [0.2, 0.25) is 0 Å². The molecule has 0 aliphatic rings. The molecule has 0 radical (unpaired) electrons. The number of aromatic nitrogens is 3. The predicted molar refractivity (Wildman–Crippen MR) is 137 cm³/mol. The highest BCUT2D eigenvalue weighted by Gasteiger charge is 2.14. The molecule has 33 heavy (non-hydrogen) atoms. The number of fused-ring (bicyclic) bond motifs is 2. The quantitative estimate of drug-likeness (QED) is 0.325. The van der Waals surface area contributed by atoms with Gasteiger partial charge in [0.05, 0.1) is 5.52 Å². The Kier molecular flexibility index (Phi) is 5.96. The number of nitrogens with zero attached hydrogens (tertiary/aromatic N) is 4. The first-order valence-corrected chi connectivity index (χ1v) is 11.3. The van der Waals surface area contributed by atoms with Gasteiger partial charge in [0, 0.05) is 35.5 Å². The van der Waals surface area contributed by atoms with Crippen molar-refractivity contribution in [2.75, 3.05) is 32.5 Å². The second kappa shape index (κ2) is 9.35. The van der Waals surface area contributed by atoms with E-state index < -0.39 is 0 Å². The van der Waals surface area contributed by atoms with Gasteiger partial charge in [-0.3, -0.25) is 4.98 Å². The van der Waals surface area contributed by atoms with Crippen LogP contribution in [0.25, 0.3) is 44.2 Å². The van der Waals surface area contributed by atoms with Crippen molar-refractivity contribution in [2.45, 2.75) is 6.42 Å². The summed E-state index contributed by atoms with van der Waals surface area (Å²) in [7, 11) is 4.19. The molecule has 3 aromatic carbocycles. The van der Waals surface area contributed by atoms with E-state index in [0.29, 0.717) is 0 Å². The lowest BCUT2D eigenvalue weighted by Gasteiger charge is -2.15. The van der Waals surface area contributed by atoms with Crippen LogP contribution < -0.4 is 5.32 Å². The lowest BCUT2D eigenvalue weighted by Crippen LogP contribution is -2.17. The maximum Gasteiger partial charge on any atom is 0.162 e. The van der Waals surface area contributed by atoms with Crippen LogP contribution in [0, 0.1) is 0 Å². The van der Waals surface area contributed by atoms with E-state index in [0.717, 1.165) is 58.7 Å². The van der Waals surface area contributed by atoms with Crippen LogP contribution in [0.3, 0.4) is 0 Å². The zero-order valence-electron chi connectivity index (χ0n) is 19.0. The van der Waals surface area contributed by atoms with Gasteiger partial charge in [0.25, 0.3) is 0 Å². The first-order chi connectivity index (χ1) is 16.2.